The first-order chi connectivity index (χ1) is 19.2. The molecule has 0 saturated carbocycles. The zero-order valence-electron chi connectivity index (χ0n) is 26.4. The van der Waals surface area contributed by atoms with Crippen LogP contribution in [0.15, 0.2) is 0 Å². The van der Waals surface area contributed by atoms with Crippen molar-refractivity contribution in [2.45, 2.75) is 180 Å². The second-order valence-corrected chi connectivity index (χ2v) is 11.7. The molecule has 0 aliphatic rings. The van der Waals surface area contributed by atoms with Crippen LogP contribution in [0, 0.1) is 0 Å². The highest BCUT2D eigenvalue weighted by Crippen LogP contribution is 2.18. The lowest BCUT2D eigenvalue weighted by Crippen LogP contribution is -2.28. The van der Waals surface area contributed by atoms with Gasteiger partial charge < -0.3 is 20.2 Å². The number of ether oxygens (including phenoxy) is 1. The van der Waals surface area contributed by atoms with Crippen molar-refractivity contribution < 1.29 is 14.3 Å². The van der Waals surface area contributed by atoms with Gasteiger partial charge in [-0.2, -0.15) is 0 Å². The van der Waals surface area contributed by atoms with E-state index >= 15 is 0 Å². The fourth-order valence-electron chi connectivity index (χ4n) is 5.34. The molecule has 0 heterocycles. The lowest BCUT2D eigenvalue weighted by atomic mass is 10.0. The number of aldehydes is 1. The van der Waals surface area contributed by atoms with Gasteiger partial charge in [-0.05, 0) is 84.0 Å². The van der Waals surface area contributed by atoms with Crippen molar-refractivity contribution in [3.05, 3.63) is 0 Å². The summed E-state index contributed by atoms with van der Waals surface area (Å²) in [5.41, 5.74) is 5.72. The summed E-state index contributed by atoms with van der Waals surface area (Å²) in [4.78, 5) is 25.6. The Labute approximate surface area is 243 Å². The van der Waals surface area contributed by atoms with Crippen LogP contribution in [0.3, 0.4) is 0 Å². The molecule has 0 rings (SSSR count). The van der Waals surface area contributed by atoms with Gasteiger partial charge in [0.2, 0.25) is 0 Å². The van der Waals surface area contributed by atoms with Crippen molar-refractivity contribution >= 4 is 12.3 Å². The van der Waals surface area contributed by atoms with Gasteiger partial charge in [-0.25, -0.2) is 0 Å². The number of esters is 1. The van der Waals surface area contributed by atoms with Gasteiger partial charge in [0.25, 0.3) is 0 Å². The molecule has 5 heteroatoms. The Bertz CT molecular complexity index is 499. The van der Waals surface area contributed by atoms with Crippen LogP contribution in [0.2, 0.25) is 0 Å². The molecule has 0 aliphatic heterocycles. The highest BCUT2D eigenvalue weighted by molar-refractivity contribution is 5.69. The second kappa shape index (κ2) is 31.6. The van der Waals surface area contributed by atoms with Crippen molar-refractivity contribution in [3.63, 3.8) is 0 Å². The van der Waals surface area contributed by atoms with E-state index in [0.29, 0.717) is 12.8 Å². The Kier molecular flexibility index (Phi) is 30.8. The average Bonchev–Trinajstić information content (AvgIpc) is 2.94. The molecule has 0 atom stereocenters. The Morgan fingerprint density at radius 2 is 1.10 bits per heavy atom. The Morgan fingerprint density at radius 3 is 1.64 bits per heavy atom. The van der Waals surface area contributed by atoms with Crippen LogP contribution in [0.25, 0.3) is 0 Å². The molecule has 232 valence electrons. The maximum atomic E-state index is 12.6. The first-order valence-corrected chi connectivity index (χ1v) is 17.2. The molecule has 2 N–H and O–H groups in total. The smallest absolute Gasteiger partial charge is 0.306 e. The van der Waals surface area contributed by atoms with Gasteiger partial charge in [-0.1, -0.05) is 104 Å². The molecule has 0 saturated heterocycles. The van der Waals surface area contributed by atoms with E-state index in [1.54, 1.807) is 0 Å². The number of carbonyl (C=O) groups is 2. The Morgan fingerprint density at radius 1 is 0.641 bits per heavy atom. The molecule has 0 bridgehead atoms. The number of hydrogen-bond donors (Lipinski definition) is 1. The van der Waals surface area contributed by atoms with Gasteiger partial charge in [-0.15, -0.1) is 0 Å². The zero-order valence-corrected chi connectivity index (χ0v) is 26.4. The van der Waals surface area contributed by atoms with Crippen molar-refractivity contribution in [1.29, 1.82) is 0 Å². The van der Waals surface area contributed by atoms with Crippen LogP contribution >= 0.6 is 0 Å². The van der Waals surface area contributed by atoms with Crippen molar-refractivity contribution in [3.8, 4) is 0 Å². The fraction of sp³-hybridized carbons (Fsp3) is 0.941. The van der Waals surface area contributed by atoms with Crippen molar-refractivity contribution in [1.82, 2.24) is 4.90 Å². The van der Waals surface area contributed by atoms with Gasteiger partial charge in [0, 0.05) is 12.8 Å². The molecule has 0 aromatic carbocycles. The number of hydrogen-bond acceptors (Lipinski definition) is 5. The van der Waals surface area contributed by atoms with E-state index in [2.05, 4.69) is 18.7 Å². The van der Waals surface area contributed by atoms with E-state index in [1.807, 2.05) is 0 Å². The predicted octanol–water partition coefficient (Wildman–Crippen LogP) is 9.15. The van der Waals surface area contributed by atoms with Gasteiger partial charge in [-0.3, -0.25) is 4.79 Å². The molecular weight excluding hydrogens is 484 g/mol. The standard InChI is InChI=1S/C34H68N2O3/c1-3-5-7-9-12-18-25-33(26-19-13-10-8-6-4-2)39-34(38)27-20-14-11-15-21-29-36(31-24-28-35)30-22-16-17-23-32-37/h32-33H,3-31,35H2,1-2H3. The predicted molar refractivity (Wildman–Crippen MR) is 168 cm³/mol. The molecule has 0 aromatic heterocycles. The van der Waals surface area contributed by atoms with E-state index in [4.69, 9.17) is 10.5 Å². The van der Waals surface area contributed by atoms with Crippen LogP contribution in [0.1, 0.15) is 174 Å². The Balaban J connectivity index is 4.11. The van der Waals surface area contributed by atoms with Crippen LogP contribution in [-0.2, 0) is 14.3 Å². The van der Waals surface area contributed by atoms with Gasteiger partial charge in [0.05, 0.1) is 0 Å². The average molecular weight is 553 g/mol. The molecule has 0 unspecified atom stereocenters. The Hall–Kier alpha value is -0.940. The second-order valence-electron chi connectivity index (χ2n) is 11.7. The molecule has 0 radical (unpaired) electrons. The van der Waals surface area contributed by atoms with Gasteiger partial charge >= 0.3 is 5.97 Å². The van der Waals surface area contributed by atoms with Crippen LogP contribution < -0.4 is 5.73 Å². The van der Waals surface area contributed by atoms with Crippen LogP contribution in [0.4, 0.5) is 0 Å². The van der Waals surface area contributed by atoms with E-state index in [-0.39, 0.29) is 12.1 Å². The summed E-state index contributed by atoms with van der Waals surface area (Å²) < 4.78 is 5.99. The van der Waals surface area contributed by atoms with E-state index in [0.717, 1.165) is 77.4 Å². The summed E-state index contributed by atoms with van der Waals surface area (Å²) in [7, 11) is 0. The van der Waals surface area contributed by atoms with E-state index < -0.39 is 0 Å². The van der Waals surface area contributed by atoms with Crippen LogP contribution in [0.5, 0.6) is 0 Å². The minimum Gasteiger partial charge on any atom is -0.462 e. The zero-order chi connectivity index (χ0) is 28.7. The molecule has 0 aromatic rings. The maximum absolute atomic E-state index is 12.6. The lowest BCUT2D eigenvalue weighted by molar-refractivity contribution is -0.150. The summed E-state index contributed by atoms with van der Waals surface area (Å²) in [6, 6.07) is 0. The minimum atomic E-state index is 0.0273. The quantitative estimate of drug-likeness (QED) is 0.0511. The molecular formula is C34H68N2O3. The molecule has 0 fully saturated rings. The number of rotatable bonds is 32. The summed E-state index contributed by atoms with van der Waals surface area (Å²) in [6.07, 6.45) is 30.1. The number of nitrogens with two attached hydrogens (primary N) is 1. The highest BCUT2D eigenvalue weighted by Gasteiger charge is 2.14. The largest absolute Gasteiger partial charge is 0.462 e. The van der Waals surface area contributed by atoms with Gasteiger partial charge in [0.15, 0.2) is 0 Å². The fourth-order valence-corrected chi connectivity index (χ4v) is 5.34. The number of unbranched alkanes of at least 4 members (excludes halogenated alkanes) is 17. The normalized spacial score (nSPS) is 11.5. The summed E-state index contributed by atoms with van der Waals surface area (Å²) in [6.45, 7) is 8.59. The molecule has 0 aliphatic carbocycles. The first-order valence-electron chi connectivity index (χ1n) is 17.2. The molecule has 0 amide bonds. The third kappa shape index (κ3) is 28.4. The van der Waals surface area contributed by atoms with E-state index in [9.17, 15) is 9.59 Å². The highest BCUT2D eigenvalue weighted by atomic mass is 16.5. The molecule has 5 nitrogen and oxygen atoms in total. The third-order valence-corrected chi connectivity index (χ3v) is 7.89. The maximum Gasteiger partial charge on any atom is 0.306 e. The third-order valence-electron chi connectivity index (χ3n) is 7.89. The minimum absolute atomic E-state index is 0.0273. The first kappa shape index (κ1) is 38.1. The summed E-state index contributed by atoms with van der Waals surface area (Å²) in [5.74, 6) is 0.0273. The number of carbonyl (C=O) groups excluding carboxylic acids is 2. The SMILES string of the molecule is CCCCCCCCC(CCCCCCCC)OC(=O)CCCCCCCN(CCCN)CCCCCC=O. The van der Waals surface area contributed by atoms with Crippen LogP contribution in [-0.4, -0.2) is 49.4 Å². The number of nitrogens with zero attached hydrogens (tertiary/aromatic N) is 1. The topological polar surface area (TPSA) is 72.6 Å². The van der Waals surface area contributed by atoms with Gasteiger partial charge in [0.1, 0.15) is 12.4 Å². The monoisotopic (exact) mass is 553 g/mol. The van der Waals surface area contributed by atoms with Crippen molar-refractivity contribution in [2.24, 2.45) is 5.73 Å². The molecule has 39 heavy (non-hydrogen) atoms. The lowest BCUT2D eigenvalue weighted by Gasteiger charge is -2.22. The van der Waals surface area contributed by atoms with Crippen molar-refractivity contribution in [2.75, 3.05) is 26.2 Å². The van der Waals surface area contributed by atoms with E-state index in [1.165, 1.54) is 103 Å². The molecule has 0 spiro atoms. The summed E-state index contributed by atoms with van der Waals surface area (Å²) >= 11 is 0. The summed E-state index contributed by atoms with van der Waals surface area (Å²) in [5, 5.41) is 0.